The van der Waals surface area contributed by atoms with Gasteiger partial charge in [0.15, 0.2) is 0 Å². The minimum atomic E-state index is -4.99. The lowest BCUT2D eigenvalue weighted by molar-refractivity contribution is -0.139. The topological polar surface area (TPSA) is 146 Å². The summed E-state index contributed by atoms with van der Waals surface area (Å²) in [5.41, 5.74) is -1.91. The van der Waals surface area contributed by atoms with E-state index in [1.165, 1.54) is 18.2 Å². The molecule has 0 aromatic heterocycles. The maximum absolute atomic E-state index is 14.5. The van der Waals surface area contributed by atoms with Crippen LogP contribution in [-0.2, 0) is 16.2 Å². The van der Waals surface area contributed by atoms with E-state index >= 15 is 0 Å². The van der Waals surface area contributed by atoms with Crippen LogP contribution in [-0.4, -0.2) is 39.5 Å². The van der Waals surface area contributed by atoms with Crippen molar-refractivity contribution < 1.29 is 44.8 Å². The lowest BCUT2D eigenvalue weighted by Gasteiger charge is -2.12. The molecule has 0 saturated heterocycles. The Morgan fingerprint density at radius 1 is 0.805 bits per heavy atom. The first-order valence-electron chi connectivity index (χ1n) is 11.6. The third-order valence-corrected chi connectivity index (χ3v) is 6.56. The minimum Gasteiger partial charge on any atom is -0.350 e. The van der Waals surface area contributed by atoms with E-state index in [1.54, 1.807) is 13.0 Å². The number of amides is 5. The van der Waals surface area contributed by atoms with Gasteiger partial charge in [-0.25, -0.2) is 31.5 Å². The van der Waals surface area contributed by atoms with Crippen LogP contribution in [0.5, 0.6) is 0 Å². The van der Waals surface area contributed by atoms with Crippen molar-refractivity contribution in [2.24, 2.45) is 0 Å². The maximum Gasteiger partial charge on any atom is 0.419 e. The number of carbonyl (C=O) groups is 3. The van der Waals surface area contributed by atoms with Crippen molar-refractivity contribution in [3.05, 3.63) is 89.0 Å². The molecule has 0 bridgehead atoms. The van der Waals surface area contributed by atoms with Crippen molar-refractivity contribution in [3.8, 4) is 0 Å². The molecule has 0 aliphatic heterocycles. The summed E-state index contributed by atoms with van der Waals surface area (Å²) in [4.78, 5) is 36.2. The molecule has 3 rings (SSSR count). The Morgan fingerprint density at radius 2 is 1.51 bits per heavy atom. The van der Waals surface area contributed by atoms with Crippen LogP contribution in [0.25, 0.3) is 0 Å². The first-order valence-corrected chi connectivity index (χ1v) is 13.0. The molecule has 5 amide bonds. The van der Waals surface area contributed by atoms with E-state index < -0.39 is 62.7 Å². The van der Waals surface area contributed by atoms with E-state index in [0.29, 0.717) is 17.7 Å². The number of carbonyl (C=O) groups excluding carboxylic acids is 3. The van der Waals surface area contributed by atoms with E-state index in [4.69, 9.17) is 0 Å². The van der Waals surface area contributed by atoms with Gasteiger partial charge in [-0.1, -0.05) is 12.1 Å². The van der Waals surface area contributed by atoms with Crippen LogP contribution in [0, 0.1) is 18.6 Å². The first kappa shape index (κ1) is 30.8. The van der Waals surface area contributed by atoms with Gasteiger partial charge in [-0.05, 0) is 61.0 Å². The second kappa shape index (κ2) is 12.6. The highest BCUT2D eigenvalue weighted by Gasteiger charge is 2.34. The van der Waals surface area contributed by atoms with Crippen molar-refractivity contribution in [1.29, 1.82) is 0 Å². The summed E-state index contributed by atoms with van der Waals surface area (Å²) < 4.78 is 92.7. The highest BCUT2D eigenvalue weighted by atomic mass is 32.2. The number of rotatable bonds is 8. The molecule has 0 radical (unpaired) electrons. The fourth-order valence-corrected chi connectivity index (χ4v) is 4.35. The molecule has 0 atom stereocenters. The zero-order valence-electron chi connectivity index (χ0n) is 21.0. The number of aryl methyl sites for hydroxylation is 1. The molecule has 5 N–H and O–H groups in total. The molecule has 0 unspecified atom stereocenters. The fraction of sp³-hybridized carbons (Fsp3) is 0.160. The predicted octanol–water partition coefficient (Wildman–Crippen LogP) is 4.35. The fourth-order valence-electron chi connectivity index (χ4n) is 3.32. The SMILES string of the molecule is Cc1cccc(S(=O)(=O)NC(=O)NCCNC(=O)c2ccc(NC(=O)Nc3ccc(F)c(C(F)(F)F)c3)c(F)c2)c1. The van der Waals surface area contributed by atoms with Crippen molar-refractivity contribution in [1.82, 2.24) is 15.4 Å². The summed E-state index contributed by atoms with van der Waals surface area (Å²) in [5.74, 6) is -3.35. The van der Waals surface area contributed by atoms with Gasteiger partial charge in [0.2, 0.25) is 0 Å². The first-order chi connectivity index (χ1) is 19.2. The van der Waals surface area contributed by atoms with E-state index in [2.05, 4.69) is 16.0 Å². The van der Waals surface area contributed by atoms with Crippen molar-refractivity contribution in [2.75, 3.05) is 23.7 Å². The van der Waals surface area contributed by atoms with E-state index in [9.17, 15) is 44.8 Å². The average Bonchev–Trinajstić information content (AvgIpc) is 2.88. The molecule has 218 valence electrons. The van der Waals surface area contributed by atoms with Gasteiger partial charge in [0, 0.05) is 24.3 Å². The summed E-state index contributed by atoms with van der Waals surface area (Å²) in [6, 6.07) is 8.45. The smallest absolute Gasteiger partial charge is 0.350 e. The van der Waals surface area contributed by atoms with Crippen LogP contribution in [0.3, 0.4) is 0 Å². The molecule has 10 nitrogen and oxygen atoms in total. The Balaban J connectivity index is 1.48. The highest BCUT2D eigenvalue weighted by Crippen LogP contribution is 2.33. The number of hydrogen-bond acceptors (Lipinski definition) is 5. The quantitative estimate of drug-likeness (QED) is 0.193. The molecule has 0 aliphatic rings. The highest BCUT2D eigenvalue weighted by molar-refractivity contribution is 7.90. The summed E-state index contributed by atoms with van der Waals surface area (Å²) >= 11 is 0. The zero-order valence-corrected chi connectivity index (χ0v) is 21.8. The Bertz CT molecular complexity index is 1580. The molecule has 3 aromatic carbocycles. The van der Waals surface area contributed by atoms with Gasteiger partial charge < -0.3 is 21.3 Å². The van der Waals surface area contributed by atoms with E-state index in [0.717, 1.165) is 24.3 Å². The summed E-state index contributed by atoms with van der Waals surface area (Å²) in [7, 11) is -4.11. The van der Waals surface area contributed by atoms with Crippen molar-refractivity contribution in [2.45, 2.75) is 18.0 Å². The molecule has 0 spiro atoms. The Morgan fingerprint density at radius 3 is 2.17 bits per heavy atom. The van der Waals surface area contributed by atoms with Gasteiger partial charge in [0.1, 0.15) is 11.6 Å². The lowest BCUT2D eigenvalue weighted by Crippen LogP contribution is -2.42. The van der Waals surface area contributed by atoms with Crippen molar-refractivity contribution in [3.63, 3.8) is 0 Å². The predicted molar refractivity (Wildman–Crippen MR) is 138 cm³/mol. The standard InChI is InChI=1S/C25H22F5N5O5S/c1-14-3-2-4-17(11-14)41(39,40)35-23(37)32-10-9-31-22(36)15-5-8-21(20(27)12-15)34-24(38)33-16-6-7-19(26)18(13-16)25(28,29)30/h2-8,11-13H,9-10H2,1H3,(H,31,36)(H2,32,35,37)(H2,33,34,38). The molecule has 0 fully saturated rings. The third kappa shape index (κ3) is 8.63. The Hall–Kier alpha value is -4.73. The maximum atomic E-state index is 14.5. The number of nitrogens with one attached hydrogen (secondary N) is 5. The normalized spacial score (nSPS) is 11.4. The molecule has 0 saturated carbocycles. The van der Waals surface area contributed by atoms with E-state index in [-0.39, 0.29) is 23.5 Å². The molecule has 41 heavy (non-hydrogen) atoms. The molecule has 0 aliphatic carbocycles. The van der Waals surface area contributed by atoms with Gasteiger partial charge in [0.05, 0.1) is 16.1 Å². The van der Waals surface area contributed by atoms with Gasteiger partial charge in [0.25, 0.3) is 15.9 Å². The van der Waals surface area contributed by atoms with Gasteiger partial charge >= 0.3 is 18.2 Å². The third-order valence-electron chi connectivity index (χ3n) is 5.23. The molecule has 3 aromatic rings. The number of sulfonamides is 1. The van der Waals surface area contributed by atoms with Crippen molar-refractivity contribution >= 4 is 39.4 Å². The molecular weight excluding hydrogens is 577 g/mol. The number of halogens is 5. The average molecular weight is 600 g/mol. The number of alkyl halides is 3. The zero-order chi connectivity index (χ0) is 30.4. The number of urea groups is 2. The summed E-state index contributed by atoms with van der Waals surface area (Å²) in [6.07, 6.45) is -4.99. The number of benzene rings is 3. The summed E-state index contributed by atoms with van der Waals surface area (Å²) in [5, 5.41) is 8.71. The summed E-state index contributed by atoms with van der Waals surface area (Å²) in [6.45, 7) is 1.35. The largest absolute Gasteiger partial charge is 0.419 e. The number of hydrogen-bond donors (Lipinski definition) is 5. The van der Waals surface area contributed by atoms with Crippen LogP contribution in [0.1, 0.15) is 21.5 Å². The van der Waals surface area contributed by atoms with Crippen LogP contribution in [0.2, 0.25) is 0 Å². The minimum absolute atomic E-state index is 0.107. The van der Waals surface area contributed by atoms with Gasteiger partial charge in [-0.15, -0.1) is 0 Å². The monoisotopic (exact) mass is 599 g/mol. The van der Waals surface area contributed by atoms with Crippen LogP contribution < -0.4 is 26.0 Å². The molecule has 0 heterocycles. The Labute approximate surface area is 230 Å². The number of anilines is 2. The van der Waals surface area contributed by atoms with Gasteiger partial charge in [-0.3, -0.25) is 4.79 Å². The Kier molecular flexibility index (Phi) is 9.49. The second-order valence-corrected chi connectivity index (χ2v) is 10.1. The second-order valence-electron chi connectivity index (χ2n) is 8.40. The van der Waals surface area contributed by atoms with Crippen LogP contribution in [0.4, 0.5) is 42.9 Å². The van der Waals surface area contributed by atoms with E-state index in [1.807, 2.05) is 10.0 Å². The van der Waals surface area contributed by atoms with Crippen LogP contribution in [0.15, 0.2) is 65.6 Å². The molecule has 16 heteroatoms. The van der Waals surface area contributed by atoms with Crippen LogP contribution >= 0.6 is 0 Å². The van der Waals surface area contributed by atoms with Gasteiger partial charge in [-0.2, -0.15) is 13.2 Å². The molecular formula is C25H22F5N5O5S. The lowest BCUT2D eigenvalue weighted by atomic mass is 10.1.